The van der Waals surface area contributed by atoms with E-state index in [4.69, 9.17) is 5.11 Å². The Hall–Kier alpha value is -1.95. The van der Waals surface area contributed by atoms with Crippen LogP contribution >= 0.6 is 0 Å². The molecule has 0 radical (unpaired) electrons. The minimum atomic E-state index is -1.41. The summed E-state index contributed by atoms with van der Waals surface area (Å²) in [4.78, 5) is 22.6. The van der Waals surface area contributed by atoms with Crippen molar-refractivity contribution in [2.75, 3.05) is 18.9 Å². The minimum absolute atomic E-state index is 0.0320. The van der Waals surface area contributed by atoms with Crippen LogP contribution in [0.2, 0.25) is 0 Å². The highest BCUT2D eigenvalue weighted by Gasteiger charge is 2.19. The molecule has 0 aliphatic rings. The third kappa shape index (κ3) is 3.27. The van der Waals surface area contributed by atoms with E-state index in [1.54, 1.807) is 14.0 Å². The molecule has 0 spiro atoms. The molecule has 0 saturated carbocycles. The molecule has 1 unspecified atom stereocenters. The van der Waals surface area contributed by atoms with Crippen LogP contribution in [0.25, 0.3) is 0 Å². The van der Waals surface area contributed by atoms with Crippen LogP contribution < -0.4 is 10.6 Å². The first-order valence-corrected chi connectivity index (χ1v) is 5.44. The van der Waals surface area contributed by atoms with Crippen molar-refractivity contribution in [2.45, 2.75) is 6.92 Å². The Kier molecular flexibility index (Phi) is 4.79. The number of hydrogen-bond donors (Lipinski definition) is 3. The number of halogens is 1. The number of carboxylic acids is 1. The Morgan fingerprint density at radius 1 is 1.44 bits per heavy atom. The predicted molar refractivity (Wildman–Crippen MR) is 65.1 cm³/mol. The van der Waals surface area contributed by atoms with E-state index in [0.717, 1.165) is 6.07 Å². The normalized spacial score (nSPS) is 11.9. The number of carboxylic acid groups (broad SMARTS) is 1. The molecule has 1 amide bonds. The van der Waals surface area contributed by atoms with Crippen LogP contribution in [-0.4, -0.2) is 30.6 Å². The van der Waals surface area contributed by atoms with Crippen molar-refractivity contribution in [1.82, 2.24) is 5.32 Å². The molecule has 1 rings (SSSR count). The van der Waals surface area contributed by atoms with Crippen LogP contribution in [0.15, 0.2) is 18.2 Å². The number of carbonyl (C=O) groups excluding carboxylic acids is 1. The fraction of sp³-hybridized carbons (Fsp3) is 0.333. The van der Waals surface area contributed by atoms with Gasteiger partial charge < -0.3 is 15.7 Å². The Bertz CT molecular complexity index is 463. The second-order valence-corrected chi connectivity index (χ2v) is 3.92. The zero-order valence-corrected chi connectivity index (χ0v) is 10.2. The molecule has 0 saturated heterocycles. The first-order valence-electron chi connectivity index (χ1n) is 5.44. The van der Waals surface area contributed by atoms with Gasteiger partial charge in [0.1, 0.15) is 11.4 Å². The summed E-state index contributed by atoms with van der Waals surface area (Å²) >= 11 is 0. The Morgan fingerprint density at radius 3 is 2.67 bits per heavy atom. The Labute approximate surface area is 104 Å². The summed E-state index contributed by atoms with van der Waals surface area (Å²) in [7, 11) is 1.70. The van der Waals surface area contributed by atoms with Gasteiger partial charge >= 0.3 is 5.97 Å². The van der Waals surface area contributed by atoms with E-state index in [1.807, 2.05) is 0 Å². The third-order valence-corrected chi connectivity index (χ3v) is 2.44. The largest absolute Gasteiger partial charge is 0.478 e. The summed E-state index contributed by atoms with van der Waals surface area (Å²) in [5.41, 5.74) is -0.557. The summed E-state index contributed by atoms with van der Waals surface area (Å²) in [5.74, 6) is -3.00. The van der Waals surface area contributed by atoms with E-state index in [0.29, 0.717) is 6.54 Å². The molecule has 0 aromatic heterocycles. The van der Waals surface area contributed by atoms with E-state index in [-0.39, 0.29) is 17.5 Å². The lowest BCUT2D eigenvalue weighted by atomic mass is 10.1. The van der Waals surface area contributed by atoms with Gasteiger partial charge in [0.15, 0.2) is 0 Å². The van der Waals surface area contributed by atoms with Crippen molar-refractivity contribution < 1.29 is 19.1 Å². The number of aromatic carboxylic acids is 1. The molecule has 18 heavy (non-hydrogen) atoms. The van der Waals surface area contributed by atoms with Crippen LogP contribution in [0.1, 0.15) is 17.3 Å². The van der Waals surface area contributed by atoms with Gasteiger partial charge in [0.05, 0.1) is 5.69 Å². The first kappa shape index (κ1) is 14.1. The molecular formula is C12H15FN2O3. The molecule has 1 aromatic carbocycles. The predicted octanol–water partition coefficient (Wildman–Crippen LogP) is 1.32. The van der Waals surface area contributed by atoms with Gasteiger partial charge in [-0.15, -0.1) is 0 Å². The third-order valence-electron chi connectivity index (χ3n) is 2.44. The van der Waals surface area contributed by atoms with Crippen molar-refractivity contribution in [2.24, 2.45) is 5.92 Å². The van der Waals surface area contributed by atoms with Crippen LogP contribution in [0.3, 0.4) is 0 Å². The van der Waals surface area contributed by atoms with Gasteiger partial charge in [-0.25, -0.2) is 9.18 Å². The summed E-state index contributed by atoms with van der Waals surface area (Å²) in [5, 5.41) is 14.1. The maximum absolute atomic E-state index is 13.4. The molecule has 5 nitrogen and oxygen atoms in total. The number of hydrogen-bond acceptors (Lipinski definition) is 3. The zero-order valence-electron chi connectivity index (χ0n) is 10.2. The standard InChI is InChI=1S/C12H15FN2O3/c1-7(6-14-2)11(16)15-9-5-3-4-8(13)10(9)12(17)18/h3-5,7,14H,6H2,1-2H3,(H,15,16)(H,17,18). The lowest BCUT2D eigenvalue weighted by Crippen LogP contribution is -2.29. The fourth-order valence-corrected chi connectivity index (χ4v) is 1.50. The van der Waals surface area contributed by atoms with E-state index in [2.05, 4.69) is 10.6 Å². The van der Waals surface area contributed by atoms with Crippen molar-refractivity contribution in [3.63, 3.8) is 0 Å². The highest BCUT2D eigenvalue weighted by atomic mass is 19.1. The fourth-order valence-electron chi connectivity index (χ4n) is 1.50. The number of amides is 1. The topological polar surface area (TPSA) is 78.4 Å². The van der Waals surface area contributed by atoms with E-state index >= 15 is 0 Å². The molecule has 3 N–H and O–H groups in total. The van der Waals surface area contributed by atoms with Gasteiger partial charge in [0.25, 0.3) is 0 Å². The van der Waals surface area contributed by atoms with E-state index < -0.39 is 17.3 Å². The molecule has 1 atom stereocenters. The maximum Gasteiger partial charge on any atom is 0.340 e. The average Bonchev–Trinajstić information content (AvgIpc) is 2.28. The molecule has 6 heteroatoms. The lowest BCUT2D eigenvalue weighted by Gasteiger charge is -2.13. The number of benzene rings is 1. The summed E-state index contributed by atoms with van der Waals surface area (Å²) in [6.45, 7) is 2.13. The average molecular weight is 254 g/mol. The van der Waals surface area contributed by atoms with Crippen LogP contribution in [-0.2, 0) is 4.79 Å². The highest BCUT2D eigenvalue weighted by molar-refractivity contribution is 6.01. The molecule has 0 aliphatic carbocycles. The van der Waals surface area contributed by atoms with Gasteiger partial charge in [-0.3, -0.25) is 4.79 Å². The SMILES string of the molecule is CNCC(C)C(=O)Nc1cccc(F)c1C(=O)O. The van der Waals surface area contributed by atoms with Gasteiger partial charge in [-0.05, 0) is 19.2 Å². The Morgan fingerprint density at radius 2 is 2.11 bits per heavy atom. The summed E-state index contributed by atoms with van der Waals surface area (Å²) < 4.78 is 13.4. The number of carbonyl (C=O) groups is 2. The molecule has 0 bridgehead atoms. The monoisotopic (exact) mass is 254 g/mol. The maximum atomic E-state index is 13.4. The summed E-state index contributed by atoms with van der Waals surface area (Å²) in [6.07, 6.45) is 0. The quantitative estimate of drug-likeness (QED) is 0.740. The molecule has 0 heterocycles. The lowest BCUT2D eigenvalue weighted by molar-refractivity contribution is -0.119. The van der Waals surface area contributed by atoms with Crippen LogP contribution in [0, 0.1) is 11.7 Å². The summed E-state index contributed by atoms with van der Waals surface area (Å²) in [6, 6.07) is 3.74. The molecule has 1 aromatic rings. The van der Waals surface area contributed by atoms with Crippen molar-refractivity contribution in [3.05, 3.63) is 29.6 Å². The van der Waals surface area contributed by atoms with Gasteiger partial charge in [0.2, 0.25) is 5.91 Å². The number of anilines is 1. The van der Waals surface area contributed by atoms with Crippen molar-refractivity contribution in [3.8, 4) is 0 Å². The van der Waals surface area contributed by atoms with Gasteiger partial charge in [-0.2, -0.15) is 0 Å². The second-order valence-electron chi connectivity index (χ2n) is 3.92. The number of nitrogens with one attached hydrogen (secondary N) is 2. The highest BCUT2D eigenvalue weighted by Crippen LogP contribution is 2.19. The Balaban J connectivity index is 2.94. The second kappa shape index (κ2) is 6.11. The first-order chi connectivity index (χ1) is 8.47. The van der Waals surface area contributed by atoms with E-state index in [1.165, 1.54) is 12.1 Å². The number of rotatable bonds is 5. The molecule has 0 fully saturated rings. The van der Waals surface area contributed by atoms with Crippen molar-refractivity contribution in [1.29, 1.82) is 0 Å². The van der Waals surface area contributed by atoms with Gasteiger partial charge in [0, 0.05) is 12.5 Å². The van der Waals surface area contributed by atoms with Crippen LogP contribution in [0.5, 0.6) is 0 Å². The van der Waals surface area contributed by atoms with Gasteiger partial charge in [-0.1, -0.05) is 13.0 Å². The molecular weight excluding hydrogens is 239 g/mol. The molecule has 0 aliphatic heterocycles. The van der Waals surface area contributed by atoms with Crippen molar-refractivity contribution >= 4 is 17.6 Å². The zero-order chi connectivity index (χ0) is 13.7. The van der Waals surface area contributed by atoms with Crippen LogP contribution in [0.4, 0.5) is 10.1 Å². The van der Waals surface area contributed by atoms with E-state index in [9.17, 15) is 14.0 Å². The smallest absolute Gasteiger partial charge is 0.340 e. The minimum Gasteiger partial charge on any atom is -0.478 e. The molecule has 98 valence electrons.